The van der Waals surface area contributed by atoms with Crippen LogP contribution in [-0.4, -0.2) is 45.3 Å². The number of likely N-dealkylation sites (tertiary alicyclic amines) is 1. The summed E-state index contributed by atoms with van der Waals surface area (Å²) >= 11 is 0. The molecule has 1 unspecified atom stereocenters. The maximum atomic E-state index is 13.0. The summed E-state index contributed by atoms with van der Waals surface area (Å²) in [6.45, 7) is 4.01. The molecule has 1 fully saturated rings. The van der Waals surface area contributed by atoms with Gasteiger partial charge in [-0.05, 0) is 50.1 Å². The molecule has 1 aliphatic heterocycles. The Labute approximate surface area is 164 Å². The maximum Gasteiger partial charge on any atom is 0.253 e. The van der Waals surface area contributed by atoms with Crippen LogP contribution in [0.5, 0.6) is 5.88 Å². The van der Waals surface area contributed by atoms with E-state index >= 15 is 0 Å². The summed E-state index contributed by atoms with van der Waals surface area (Å²) in [5, 5.41) is 4.24. The van der Waals surface area contributed by atoms with Crippen molar-refractivity contribution in [1.82, 2.24) is 19.7 Å². The van der Waals surface area contributed by atoms with Gasteiger partial charge >= 0.3 is 0 Å². The fraction of sp³-hybridized carbons (Fsp3) is 0.318. The van der Waals surface area contributed by atoms with E-state index in [-0.39, 0.29) is 5.91 Å². The van der Waals surface area contributed by atoms with Crippen LogP contribution >= 0.6 is 0 Å². The molecule has 1 atom stereocenters. The highest BCUT2D eigenvalue weighted by Gasteiger charge is 2.25. The van der Waals surface area contributed by atoms with E-state index < -0.39 is 0 Å². The quantitative estimate of drug-likeness (QED) is 0.684. The van der Waals surface area contributed by atoms with Gasteiger partial charge < -0.3 is 9.64 Å². The summed E-state index contributed by atoms with van der Waals surface area (Å²) < 4.78 is 7.63. The van der Waals surface area contributed by atoms with Gasteiger partial charge in [-0.2, -0.15) is 5.10 Å². The molecule has 0 radical (unpaired) electrons. The molecule has 3 heterocycles. The van der Waals surface area contributed by atoms with E-state index in [9.17, 15) is 4.79 Å². The fourth-order valence-corrected chi connectivity index (χ4v) is 3.57. The molecule has 28 heavy (non-hydrogen) atoms. The third-order valence-electron chi connectivity index (χ3n) is 5.00. The SMILES string of the molecule is Cc1cccc(OCC2CCCN(C(=O)c3cccc(-n4cccn4)c3)C2)n1. The van der Waals surface area contributed by atoms with Gasteiger partial charge in [-0.25, -0.2) is 9.67 Å². The molecule has 0 saturated carbocycles. The van der Waals surface area contributed by atoms with Crippen molar-refractivity contribution in [2.45, 2.75) is 19.8 Å². The predicted octanol–water partition coefficient (Wildman–Crippen LogP) is 3.51. The molecule has 144 valence electrons. The Hall–Kier alpha value is -3.15. The van der Waals surface area contributed by atoms with Gasteiger partial charge in [0.05, 0.1) is 12.3 Å². The molecular weight excluding hydrogens is 352 g/mol. The molecule has 1 aromatic carbocycles. The number of aryl methyl sites for hydroxylation is 1. The highest BCUT2D eigenvalue weighted by atomic mass is 16.5. The van der Waals surface area contributed by atoms with Gasteiger partial charge in [0.25, 0.3) is 5.91 Å². The molecule has 6 heteroatoms. The van der Waals surface area contributed by atoms with Gasteiger partial charge in [-0.1, -0.05) is 12.1 Å². The van der Waals surface area contributed by atoms with Crippen molar-refractivity contribution < 1.29 is 9.53 Å². The predicted molar refractivity (Wildman–Crippen MR) is 107 cm³/mol. The van der Waals surface area contributed by atoms with E-state index in [4.69, 9.17) is 4.74 Å². The molecule has 1 amide bonds. The normalized spacial score (nSPS) is 16.8. The van der Waals surface area contributed by atoms with Crippen LogP contribution in [0.3, 0.4) is 0 Å². The second-order valence-electron chi connectivity index (χ2n) is 7.19. The average molecular weight is 376 g/mol. The number of aromatic nitrogens is 3. The molecule has 3 aromatic rings. The monoisotopic (exact) mass is 376 g/mol. The Balaban J connectivity index is 1.40. The molecular formula is C22H24N4O2. The third kappa shape index (κ3) is 4.22. The minimum absolute atomic E-state index is 0.0624. The first-order chi connectivity index (χ1) is 13.7. The first-order valence-electron chi connectivity index (χ1n) is 9.65. The van der Waals surface area contributed by atoms with Gasteiger partial charge in [0.15, 0.2) is 0 Å². The molecule has 0 spiro atoms. The smallest absolute Gasteiger partial charge is 0.253 e. The first-order valence-corrected chi connectivity index (χ1v) is 9.65. The van der Waals surface area contributed by atoms with Crippen molar-refractivity contribution in [3.63, 3.8) is 0 Å². The van der Waals surface area contributed by atoms with Crippen LogP contribution in [0.25, 0.3) is 5.69 Å². The van der Waals surface area contributed by atoms with Gasteiger partial charge in [0, 0.05) is 48.7 Å². The number of benzene rings is 1. The fourth-order valence-electron chi connectivity index (χ4n) is 3.57. The van der Waals surface area contributed by atoms with E-state index in [0.717, 1.165) is 30.8 Å². The van der Waals surface area contributed by atoms with Crippen LogP contribution in [0, 0.1) is 12.8 Å². The van der Waals surface area contributed by atoms with Gasteiger partial charge in [-0.15, -0.1) is 0 Å². The largest absolute Gasteiger partial charge is 0.477 e. The van der Waals surface area contributed by atoms with E-state index in [1.165, 1.54) is 0 Å². The van der Waals surface area contributed by atoms with Crippen LogP contribution < -0.4 is 4.74 Å². The Bertz CT molecular complexity index is 939. The molecule has 6 nitrogen and oxygen atoms in total. The van der Waals surface area contributed by atoms with Crippen LogP contribution in [-0.2, 0) is 0 Å². The molecule has 1 aliphatic rings. The summed E-state index contributed by atoms with van der Waals surface area (Å²) in [6, 6.07) is 15.3. The highest BCUT2D eigenvalue weighted by molar-refractivity contribution is 5.94. The van der Waals surface area contributed by atoms with Gasteiger partial charge in [-0.3, -0.25) is 4.79 Å². The highest BCUT2D eigenvalue weighted by Crippen LogP contribution is 2.21. The van der Waals surface area contributed by atoms with E-state index in [2.05, 4.69) is 10.1 Å². The topological polar surface area (TPSA) is 60.2 Å². The molecule has 0 aliphatic carbocycles. The number of piperidine rings is 1. The summed E-state index contributed by atoms with van der Waals surface area (Å²) in [5.74, 6) is 1.03. The zero-order chi connectivity index (χ0) is 19.3. The Kier molecular flexibility index (Phi) is 5.37. The van der Waals surface area contributed by atoms with E-state index in [1.807, 2.05) is 66.6 Å². The number of rotatable bonds is 5. The van der Waals surface area contributed by atoms with Crippen LogP contribution in [0.4, 0.5) is 0 Å². The third-order valence-corrected chi connectivity index (χ3v) is 5.00. The van der Waals surface area contributed by atoms with Crippen molar-refractivity contribution in [1.29, 1.82) is 0 Å². The lowest BCUT2D eigenvalue weighted by Crippen LogP contribution is -2.41. The number of carbonyl (C=O) groups is 1. The zero-order valence-corrected chi connectivity index (χ0v) is 16.0. The zero-order valence-electron chi connectivity index (χ0n) is 16.0. The number of hydrogen-bond acceptors (Lipinski definition) is 4. The van der Waals surface area contributed by atoms with Gasteiger partial charge in [0.1, 0.15) is 0 Å². The number of carbonyl (C=O) groups excluding carboxylic acids is 1. The van der Waals surface area contributed by atoms with Crippen molar-refractivity contribution >= 4 is 5.91 Å². The molecule has 2 aromatic heterocycles. The summed E-state index contributed by atoms with van der Waals surface area (Å²) in [5.41, 5.74) is 2.52. The number of amides is 1. The van der Waals surface area contributed by atoms with Crippen LogP contribution in [0.15, 0.2) is 60.9 Å². The standard InChI is InChI=1S/C22H24N4O2/c1-17-6-2-10-21(24-17)28-16-18-7-4-12-25(15-18)22(27)19-8-3-9-20(14-19)26-13-5-11-23-26/h2-3,5-6,8-11,13-14,18H,4,7,12,15-16H2,1H3. The van der Waals surface area contributed by atoms with Crippen molar-refractivity contribution in [2.24, 2.45) is 5.92 Å². The Morgan fingerprint density at radius 1 is 1.21 bits per heavy atom. The maximum absolute atomic E-state index is 13.0. The lowest BCUT2D eigenvalue weighted by Gasteiger charge is -2.32. The van der Waals surface area contributed by atoms with E-state index in [0.29, 0.717) is 30.5 Å². The number of pyridine rings is 1. The molecule has 4 rings (SSSR count). The molecule has 0 bridgehead atoms. The van der Waals surface area contributed by atoms with Crippen molar-refractivity contribution in [3.05, 3.63) is 72.2 Å². The first kappa shape index (κ1) is 18.2. The number of nitrogens with zero attached hydrogens (tertiary/aromatic N) is 4. The minimum atomic E-state index is 0.0624. The number of ether oxygens (including phenoxy) is 1. The van der Waals surface area contributed by atoms with Crippen molar-refractivity contribution in [3.8, 4) is 11.6 Å². The summed E-state index contributed by atoms with van der Waals surface area (Å²) in [6.07, 6.45) is 5.65. The summed E-state index contributed by atoms with van der Waals surface area (Å²) in [4.78, 5) is 19.3. The minimum Gasteiger partial charge on any atom is -0.477 e. The lowest BCUT2D eigenvalue weighted by molar-refractivity contribution is 0.0631. The second kappa shape index (κ2) is 8.25. The van der Waals surface area contributed by atoms with Crippen LogP contribution in [0.2, 0.25) is 0 Å². The lowest BCUT2D eigenvalue weighted by atomic mass is 9.98. The second-order valence-corrected chi connectivity index (χ2v) is 7.19. The van der Waals surface area contributed by atoms with Gasteiger partial charge in [0.2, 0.25) is 5.88 Å². The summed E-state index contributed by atoms with van der Waals surface area (Å²) in [7, 11) is 0. The van der Waals surface area contributed by atoms with E-state index in [1.54, 1.807) is 10.9 Å². The molecule has 1 saturated heterocycles. The Morgan fingerprint density at radius 2 is 2.11 bits per heavy atom. The Morgan fingerprint density at radius 3 is 2.93 bits per heavy atom. The molecule has 0 N–H and O–H groups in total. The average Bonchev–Trinajstić information content (AvgIpc) is 3.27. The number of hydrogen-bond donors (Lipinski definition) is 0. The van der Waals surface area contributed by atoms with Crippen molar-refractivity contribution in [2.75, 3.05) is 19.7 Å². The van der Waals surface area contributed by atoms with Crippen LogP contribution in [0.1, 0.15) is 28.9 Å².